The first-order valence-corrected chi connectivity index (χ1v) is 10.9. The van der Waals surface area contributed by atoms with Crippen LogP contribution in [-0.4, -0.2) is 34.2 Å². The van der Waals surface area contributed by atoms with Gasteiger partial charge in [-0.3, -0.25) is 9.59 Å². The van der Waals surface area contributed by atoms with Gasteiger partial charge < -0.3 is 10.1 Å². The minimum Gasteiger partial charge on any atom is -0.466 e. The Kier molecular flexibility index (Phi) is 7.01. The number of esters is 1. The summed E-state index contributed by atoms with van der Waals surface area (Å²) in [6.45, 7) is 2.07. The molecule has 1 aliphatic rings. The minimum absolute atomic E-state index is 0.0829. The van der Waals surface area contributed by atoms with Gasteiger partial charge in [0.05, 0.1) is 30.0 Å². The normalized spacial score (nSPS) is 12.7. The Morgan fingerprint density at radius 1 is 1.36 bits per heavy atom. The summed E-state index contributed by atoms with van der Waals surface area (Å²) in [6.07, 6.45) is 4.19. The van der Waals surface area contributed by atoms with Gasteiger partial charge in [0.15, 0.2) is 5.13 Å². The van der Waals surface area contributed by atoms with Gasteiger partial charge in [-0.2, -0.15) is 5.26 Å². The van der Waals surface area contributed by atoms with Crippen molar-refractivity contribution in [1.29, 1.82) is 5.26 Å². The molecule has 0 spiro atoms. The molecule has 3 rings (SSSR count). The average molecular weight is 417 g/mol. The number of carbonyl (C=O) groups excluding carboxylic acids is 2. The van der Waals surface area contributed by atoms with E-state index in [-0.39, 0.29) is 24.1 Å². The number of hydrogen-bond acceptors (Lipinski definition) is 8. The van der Waals surface area contributed by atoms with Crippen LogP contribution in [0.15, 0.2) is 16.5 Å². The van der Waals surface area contributed by atoms with E-state index in [9.17, 15) is 14.9 Å². The Morgan fingerprint density at radius 3 is 2.96 bits per heavy atom. The summed E-state index contributed by atoms with van der Waals surface area (Å²) in [7, 11) is 0. The Labute approximate surface area is 171 Å². The first-order valence-electron chi connectivity index (χ1n) is 9.04. The molecule has 0 radical (unpaired) electrons. The maximum atomic E-state index is 12.2. The largest absolute Gasteiger partial charge is 0.466 e. The number of thiazole rings is 1. The van der Waals surface area contributed by atoms with Gasteiger partial charge in [0, 0.05) is 11.1 Å². The van der Waals surface area contributed by atoms with Crippen molar-refractivity contribution >= 4 is 40.1 Å². The highest BCUT2D eigenvalue weighted by molar-refractivity contribution is 8.00. The smallest absolute Gasteiger partial charge is 0.311 e. The molecule has 2 aromatic heterocycles. The van der Waals surface area contributed by atoms with Crippen LogP contribution in [0.2, 0.25) is 0 Å². The highest BCUT2D eigenvalue weighted by atomic mass is 32.2. The number of ether oxygens (including phenoxy) is 1. The molecule has 0 atom stereocenters. The first kappa shape index (κ1) is 20.3. The number of anilines is 1. The van der Waals surface area contributed by atoms with Crippen molar-refractivity contribution in [3.05, 3.63) is 34.0 Å². The minimum atomic E-state index is -0.344. The summed E-state index contributed by atoms with van der Waals surface area (Å²) in [5.74, 6) is -0.443. The van der Waals surface area contributed by atoms with Crippen molar-refractivity contribution in [3.8, 4) is 6.07 Å². The lowest BCUT2D eigenvalue weighted by Gasteiger charge is -2.16. The predicted molar refractivity (Wildman–Crippen MR) is 107 cm³/mol. The molecule has 146 valence electrons. The lowest BCUT2D eigenvalue weighted by molar-refractivity contribution is -0.142. The molecule has 0 fully saturated rings. The summed E-state index contributed by atoms with van der Waals surface area (Å²) in [4.78, 5) is 32.6. The molecule has 0 aliphatic heterocycles. The van der Waals surface area contributed by atoms with Gasteiger partial charge in [0.1, 0.15) is 11.1 Å². The zero-order chi connectivity index (χ0) is 19.9. The fourth-order valence-electron chi connectivity index (χ4n) is 2.90. The van der Waals surface area contributed by atoms with E-state index in [1.54, 1.807) is 12.3 Å². The van der Waals surface area contributed by atoms with Gasteiger partial charge in [0.2, 0.25) is 5.91 Å². The van der Waals surface area contributed by atoms with Crippen LogP contribution in [0.4, 0.5) is 5.13 Å². The number of aryl methyl sites for hydroxylation is 2. The van der Waals surface area contributed by atoms with Gasteiger partial charge in [-0.1, -0.05) is 11.8 Å². The molecule has 1 aliphatic carbocycles. The number of nitrogens with one attached hydrogen (secondary N) is 1. The molecular weight excluding hydrogens is 396 g/mol. The van der Waals surface area contributed by atoms with Crippen molar-refractivity contribution in [2.75, 3.05) is 17.7 Å². The Hall–Kier alpha value is -2.44. The second-order valence-corrected chi connectivity index (χ2v) is 8.05. The molecule has 0 unspecified atom stereocenters. The van der Waals surface area contributed by atoms with E-state index in [0.29, 0.717) is 28.0 Å². The van der Waals surface area contributed by atoms with Crippen molar-refractivity contribution in [1.82, 2.24) is 9.97 Å². The van der Waals surface area contributed by atoms with Crippen LogP contribution >= 0.6 is 23.1 Å². The fourth-order valence-corrected chi connectivity index (χ4v) is 4.40. The highest BCUT2D eigenvalue weighted by Gasteiger charge is 2.17. The van der Waals surface area contributed by atoms with E-state index >= 15 is 0 Å². The third kappa shape index (κ3) is 5.30. The zero-order valence-corrected chi connectivity index (χ0v) is 17.1. The summed E-state index contributed by atoms with van der Waals surface area (Å²) in [5.41, 5.74) is 3.27. The number of fused-ring (bicyclic) bond motifs is 1. The van der Waals surface area contributed by atoms with E-state index in [0.717, 1.165) is 36.9 Å². The molecule has 0 bridgehead atoms. The number of carbonyl (C=O) groups is 2. The highest BCUT2D eigenvalue weighted by Crippen LogP contribution is 2.27. The molecule has 2 aromatic rings. The second-order valence-electron chi connectivity index (χ2n) is 6.23. The lowest BCUT2D eigenvalue weighted by Crippen LogP contribution is -2.15. The van der Waals surface area contributed by atoms with E-state index in [1.165, 1.54) is 23.1 Å². The third-order valence-corrected chi connectivity index (χ3v) is 5.95. The summed E-state index contributed by atoms with van der Waals surface area (Å²) in [6, 6.07) is 4.09. The van der Waals surface area contributed by atoms with Crippen LogP contribution in [0.5, 0.6) is 0 Å². The second kappa shape index (κ2) is 9.66. The van der Waals surface area contributed by atoms with Gasteiger partial charge in [-0.25, -0.2) is 9.97 Å². The molecular formula is C19H20N4O3S2. The first-order chi connectivity index (χ1) is 13.6. The summed E-state index contributed by atoms with van der Waals surface area (Å²) >= 11 is 2.51. The van der Waals surface area contributed by atoms with Gasteiger partial charge in [-0.05, 0) is 44.2 Å². The number of amides is 1. The average Bonchev–Trinajstić information content (AvgIpc) is 3.12. The zero-order valence-electron chi connectivity index (χ0n) is 15.5. The third-order valence-electron chi connectivity index (χ3n) is 4.16. The van der Waals surface area contributed by atoms with Crippen LogP contribution in [0.1, 0.15) is 42.3 Å². The molecule has 0 aromatic carbocycles. The lowest BCUT2D eigenvalue weighted by atomic mass is 9.95. The van der Waals surface area contributed by atoms with Crippen molar-refractivity contribution in [2.24, 2.45) is 0 Å². The molecule has 1 amide bonds. The number of hydrogen-bond donors (Lipinski definition) is 1. The standard InChI is InChI=1S/C19H20N4O3S2/c1-2-26-17(25)8-14-10-28-19(21-14)23-16(24)11-27-18-13(9-20)7-12-5-3-4-6-15(12)22-18/h7,10H,2-6,8,11H2,1H3,(H,21,23,24). The predicted octanol–water partition coefficient (Wildman–Crippen LogP) is 3.12. The number of rotatable bonds is 7. The SMILES string of the molecule is CCOC(=O)Cc1csc(NC(=O)CSc2nc3c(cc2C#N)CCCC3)n1. The molecule has 28 heavy (non-hydrogen) atoms. The molecule has 1 N–H and O–H groups in total. The number of pyridine rings is 1. The van der Waals surface area contributed by atoms with E-state index < -0.39 is 0 Å². The van der Waals surface area contributed by atoms with E-state index in [2.05, 4.69) is 21.4 Å². The van der Waals surface area contributed by atoms with E-state index in [4.69, 9.17) is 4.74 Å². The van der Waals surface area contributed by atoms with Crippen LogP contribution in [0, 0.1) is 11.3 Å². The summed E-state index contributed by atoms with van der Waals surface area (Å²) < 4.78 is 4.89. The number of aromatic nitrogens is 2. The monoisotopic (exact) mass is 416 g/mol. The molecule has 9 heteroatoms. The molecule has 2 heterocycles. The topological polar surface area (TPSA) is 105 Å². The van der Waals surface area contributed by atoms with Crippen molar-refractivity contribution < 1.29 is 14.3 Å². The molecule has 0 saturated heterocycles. The van der Waals surface area contributed by atoms with E-state index in [1.807, 2.05) is 6.07 Å². The molecule has 7 nitrogen and oxygen atoms in total. The fraction of sp³-hybridized carbons (Fsp3) is 0.421. The van der Waals surface area contributed by atoms with Crippen LogP contribution < -0.4 is 5.32 Å². The van der Waals surface area contributed by atoms with Gasteiger partial charge in [-0.15, -0.1) is 11.3 Å². The number of nitrogens with zero attached hydrogens (tertiary/aromatic N) is 3. The maximum Gasteiger partial charge on any atom is 0.311 e. The molecule has 0 saturated carbocycles. The Balaban J connectivity index is 1.57. The Bertz CT molecular complexity index is 920. The van der Waals surface area contributed by atoms with Gasteiger partial charge in [0.25, 0.3) is 0 Å². The van der Waals surface area contributed by atoms with Crippen LogP contribution in [0.25, 0.3) is 0 Å². The quantitative estimate of drug-likeness (QED) is 0.546. The van der Waals surface area contributed by atoms with Crippen molar-refractivity contribution in [2.45, 2.75) is 44.1 Å². The summed E-state index contributed by atoms with van der Waals surface area (Å²) in [5, 5.41) is 14.9. The van der Waals surface area contributed by atoms with Crippen LogP contribution in [0.3, 0.4) is 0 Å². The number of nitriles is 1. The van der Waals surface area contributed by atoms with Gasteiger partial charge >= 0.3 is 5.97 Å². The Morgan fingerprint density at radius 2 is 2.18 bits per heavy atom. The maximum absolute atomic E-state index is 12.2. The van der Waals surface area contributed by atoms with Crippen molar-refractivity contribution in [3.63, 3.8) is 0 Å². The number of thioether (sulfide) groups is 1. The van der Waals surface area contributed by atoms with Crippen LogP contribution in [-0.2, 0) is 33.6 Å².